The SMILES string of the molecule is N#Cc1ccccc1Nc1ncnc2scc(-c3cccc([N+](=O)[O-])c3)c12. The average molecular weight is 373 g/mol. The lowest BCUT2D eigenvalue weighted by Gasteiger charge is -2.09. The molecular weight excluding hydrogens is 362 g/mol. The number of anilines is 2. The minimum absolute atomic E-state index is 0.0213. The molecule has 0 saturated carbocycles. The molecule has 0 aliphatic rings. The molecule has 0 spiro atoms. The summed E-state index contributed by atoms with van der Waals surface area (Å²) in [6.45, 7) is 0. The standard InChI is InChI=1S/C19H11N5O2S/c20-9-13-4-1-2-7-16(13)23-18-17-15(10-27-19(17)22-11-21-18)12-5-3-6-14(8-12)24(25)26/h1-8,10-11H,(H,21,22,23). The molecule has 0 fully saturated rings. The van der Waals surface area contributed by atoms with Crippen molar-refractivity contribution in [2.45, 2.75) is 0 Å². The Kier molecular flexibility index (Phi) is 4.20. The first-order chi connectivity index (χ1) is 13.2. The summed E-state index contributed by atoms with van der Waals surface area (Å²) in [5.41, 5.74) is 2.67. The van der Waals surface area contributed by atoms with E-state index < -0.39 is 4.92 Å². The van der Waals surface area contributed by atoms with Crippen LogP contribution in [0, 0.1) is 21.4 Å². The molecule has 0 radical (unpaired) electrons. The number of benzene rings is 2. The van der Waals surface area contributed by atoms with Crippen LogP contribution in [0.5, 0.6) is 0 Å². The zero-order valence-corrected chi connectivity index (χ0v) is 14.6. The van der Waals surface area contributed by atoms with Crippen LogP contribution in [0.4, 0.5) is 17.2 Å². The monoisotopic (exact) mass is 373 g/mol. The zero-order valence-electron chi connectivity index (χ0n) is 13.8. The van der Waals surface area contributed by atoms with Crippen molar-refractivity contribution in [2.24, 2.45) is 0 Å². The number of nitrogens with one attached hydrogen (secondary N) is 1. The number of para-hydroxylation sites is 1. The van der Waals surface area contributed by atoms with Gasteiger partial charge < -0.3 is 5.32 Å². The molecule has 2 aromatic carbocycles. The number of non-ortho nitro benzene ring substituents is 1. The number of nitro groups is 1. The average Bonchev–Trinajstić information content (AvgIpc) is 3.14. The van der Waals surface area contributed by atoms with Crippen molar-refractivity contribution in [2.75, 3.05) is 5.32 Å². The van der Waals surface area contributed by atoms with Gasteiger partial charge in [0.2, 0.25) is 0 Å². The second kappa shape index (κ2) is 6.82. The van der Waals surface area contributed by atoms with E-state index in [-0.39, 0.29) is 5.69 Å². The quantitative estimate of drug-likeness (QED) is 0.404. The smallest absolute Gasteiger partial charge is 0.270 e. The van der Waals surface area contributed by atoms with Crippen LogP contribution in [0.3, 0.4) is 0 Å². The number of nitro benzene ring substituents is 1. The highest BCUT2D eigenvalue weighted by molar-refractivity contribution is 7.17. The molecule has 4 rings (SSSR count). The minimum atomic E-state index is -0.420. The van der Waals surface area contributed by atoms with E-state index in [1.165, 1.54) is 29.8 Å². The van der Waals surface area contributed by atoms with E-state index in [0.717, 1.165) is 15.8 Å². The van der Waals surface area contributed by atoms with Crippen LogP contribution < -0.4 is 5.32 Å². The first kappa shape index (κ1) is 16.6. The molecule has 0 atom stereocenters. The first-order valence-corrected chi connectivity index (χ1v) is 8.78. The number of nitriles is 1. The third kappa shape index (κ3) is 3.07. The van der Waals surface area contributed by atoms with Crippen molar-refractivity contribution in [1.82, 2.24) is 9.97 Å². The van der Waals surface area contributed by atoms with Gasteiger partial charge in [0.15, 0.2) is 0 Å². The van der Waals surface area contributed by atoms with Crippen LogP contribution in [0.1, 0.15) is 5.56 Å². The van der Waals surface area contributed by atoms with Gasteiger partial charge in [0.05, 0.1) is 21.6 Å². The second-order valence-corrected chi connectivity index (χ2v) is 6.50. The molecule has 130 valence electrons. The van der Waals surface area contributed by atoms with Gasteiger partial charge in [-0.15, -0.1) is 11.3 Å². The summed E-state index contributed by atoms with van der Waals surface area (Å²) in [7, 11) is 0. The number of rotatable bonds is 4. The summed E-state index contributed by atoms with van der Waals surface area (Å²) >= 11 is 1.43. The van der Waals surface area contributed by atoms with E-state index in [2.05, 4.69) is 21.4 Å². The minimum Gasteiger partial charge on any atom is -0.338 e. The second-order valence-electron chi connectivity index (χ2n) is 5.64. The number of aromatic nitrogens is 2. The van der Waals surface area contributed by atoms with Gasteiger partial charge in [-0.1, -0.05) is 24.3 Å². The molecule has 2 aromatic heterocycles. The third-order valence-corrected chi connectivity index (χ3v) is 4.93. The topological polar surface area (TPSA) is 105 Å². The molecule has 0 saturated heterocycles. The molecule has 0 amide bonds. The molecule has 7 nitrogen and oxygen atoms in total. The summed E-state index contributed by atoms with van der Waals surface area (Å²) in [4.78, 5) is 20.1. The predicted octanol–water partition coefficient (Wildman–Crippen LogP) is 4.88. The molecular formula is C19H11N5O2S. The fourth-order valence-electron chi connectivity index (χ4n) is 2.79. The number of hydrogen-bond donors (Lipinski definition) is 1. The Hall–Kier alpha value is -3.83. The Morgan fingerprint density at radius 1 is 1.15 bits per heavy atom. The fraction of sp³-hybridized carbons (Fsp3) is 0. The number of nitrogens with zero attached hydrogens (tertiary/aromatic N) is 4. The van der Waals surface area contributed by atoms with Crippen LogP contribution >= 0.6 is 11.3 Å². The van der Waals surface area contributed by atoms with Gasteiger partial charge in [0, 0.05) is 23.1 Å². The maximum Gasteiger partial charge on any atom is 0.270 e. The van der Waals surface area contributed by atoms with E-state index in [9.17, 15) is 15.4 Å². The van der Waals surface area contributed by atoms with Gasteiger partial charge in [0.25, 0.3) is 5.69 Å². The number of fused-ring (bicyclic) bond motifs is 1. The highest BCUT2D eigenvalue weighted by Gasteiger charge is 2.16. The summed E-state index contributed by atoms with van der Waals surface area (Å²) in [5.74, 6) is 0.547. The molecule has 27 heavy (non-hydrogen) atoms. The lowest BCUT2D eigenvalue weighted by Crippen LogP contribution is -1.97. The van der Waals surface area contributed by atoms with Crippen molar-refractivity contribution in [3.63, 3.8) is 0 Å². The van der Waals surface area contributed by atoms with Crippen LogP contribution in [-0.2, 0) is 0 Å². The highest BCUT2D eigenvalue weighted by Crippen LogP contribution is 2.38. The largest absolute Gasteiger partial charge is 0.338 e. The van der Waals surface area contributed by atoms with E-state index in [1.54, 1.807) is 24.3 Å². The Labute approximate surface area is 157 Å². The Bertz CT molecular complexity index is 1210. The third-order valence-electron chi connectivity index (χ3n) is 4.04. The summed E-state index contributed by atoms with van der Waals surface area (Å²) in [6, 6.07) is 15.7. The van der Waals surface area contributed by atoms with Crippen LogP contribution in [0.2, 0.25) is 0 Å². The maximum atomic E-state index is 11.1. The zero-order chi connectivity index (χ0) is 18.8. The van der Waals surface area contributed by atoms with Gasteiger partial charge in [0.1, 0.15) is 23.0 Å². The Morgan fingerprint density at radius 3 is 2.81 bits per heavy atom. The fourth-order valence-corrected chi connectivity index (χ4v) is 3.70. The van der Waals surface area contributed by atoms with E-state index >= 15 is 0 Å². The van der Waals surface area contributed by atoms with Gasteiger partial charge in [-0.3, -0.25) is 10.1 Å². The molecule has 2 heterocycles. The van der Waals surface area contributed by atoms with Gasteiger partial charge in [-0.25, -0.2) is 9.97 Å². The van der Waals surface area contributed by atoms with Gasteiger partial charge >= 0.3 is 0 Å². The van der Waals surface area contributed by atoms with Crippen molar-refractivity contribution < 1.29 is 4.92 Å². The van der Waals surface area contributed by atoms with Crippen molar-refractivity contribution in [3.05, 3.63) is 75.9 Å². The molecule has 1 N–H and O–H groups in total. The summed E-state index contributed by atoms with van der Waals surface area (Å²) in [6.07, 6.45) is 1.45. The van der Waals surface area contributed by atoms with Crippen LogP contribution in [0.25, 0.3) is 21.3 Å². The Morgan fingerprint density at radius 2 is 2.00 bits per heavy atom. The first-order valence-electron chi connectivity index (χ1n) is 7.90. The maximum absolute atomic E-state index is 11.1. The van der Waals surface area contributed by atoms with Gasteiger partial charge in [-0.05, 0) is 17.7 Å². The van der Waals surface area contributed by atoms with E-state index in [4.69, 9.17) is 0 Å². The van der Waals surface area contributed by atoms with E-state index in [1.807, 2.05) is 17.5 Å². The predicted molar refractivity (Wildman–Crippen MR) is 104 cm³/mol. The lowest BCUT2D eigenvalue weighted by atomic mass is 10.1. The van der Waals surface area contributed by atoms with Gasteiger partial charge in [-0.2, -0.15) is 5.26 Å². The highest BCUT2D eigenvalue weighted by atomic mass is 32.1. The van der Waals surface area contributed by atoms with Crippen LogP contribution in [-0.4, -0.2) is 14.9 Å². The van der Waals surface area contributed by atoms with Crippen molar-refractivity contribution >= 4 is 38.7 Å². The molecule has 0 aliphatic heterocycles. The molecule has 0 unspecified atom stereocenters. The summed E-state index contributed by atoms with van der Waals surface area (Å²) in [5, 5.41) is 26.3. The van der Waals surface area contributed by atoms with Crippen molar-refractivity contribution in [1.29, 1.82) is 5.26 Å². The Balaban J connectivity index is 1.87. The molecule has 4 aromatic rings. The van der Waals surface area contributed by atoms with Crippen molar-refractivity contribution in [3.8, 4) is 17.2 Å². The molecule has 0 bridgehead atoms. The number of hydrogen-bond acceptors (Lipinski definition) is 7. The van der Waals surface area contributed by atoms with E-state index in [0.29, 0.717) is 22.6 Å². The summed E-state index contributed by atoms with van der Waals surface area (Å²) < 4.78 is 0. The molecule has 8 heteroatoms. The lowest BCUT2D eigenvalue weighted by molar-refractivity contribution is -0.384. The number of thiophene rings is 1. The van der Waals surface area contributed by atoms with Crippen LogP contribution in [0.15, 0.2) is 60.2 Å². The molecule has 0 aliphatic carbocycles. The normalized spacial score (nSPS) is 10.5.